The fraction of sp³-hybridized carbons (Fsp3) is 0. The van der Waals surface area contributed by atoms with E-state index in [1.165, 1.54) is 0 Å². The quantitative estimate of drug-likeness (QED) is 0.292. The van der Waals surface area contributed by atoms with E-state index in [1.807, 2.05) is 24.4 Å². The summed E-state index contributed by atoms with van der Waals surface area (Å²) >= 11 is 0. The smallest absolute Gasteiger partial charge is 1.00 e. The van der Waals surface area contributed by atoms with Gasteiger partial charge in [-0.2, -0.15) is 0 Å². The summed E-state index contributed by atoms with van der Waals surface area (Å²) < 4.78 is 0. The fourth-order valence-corrected chi connectivity index (χ4v) is 1.70. The molecular formula is C12H8Br2CuN2. The predicted molar refractivity (Wildman–Crippen MR) is 57.0 cm³/mol. The van der Waals surface area contributed by atoms with E-state index in [2.05, 4.69) is 28.2 Å². The molecular weight excluding hydrogens is 396 g/mol. The number of hydrogen-bond acceptors (Lipinski definition) is 2. The van der Waals surface area contributed by atoms with Gasteiger partial charge in [0, 0.05) is 23.2 Å². The van der Waals surface area contributed by atoms with Crippen molar-refractivity contribution in [2.75, 3.05) is 0 Å². The van der Waals surface area contributed by atoms with Crippen LogP contribution in [0, 0.1) is 0 Å². The Morgan fingerprint density at radius 2 is 1.47 bits per heavy atom. The molecule has 0 amide bonds. The number of aromatic nitrogens is 2. The van der Waals surface area contributed by atoms with Gasteiger partial charge in [-0.1, -0.05) is 12.1 Å². The van der Waals surface area contributed by atoms with Crippen LogP contribution in [0.1, 0.15) is 0 Å². The van der Waals surface area contributed by atoms with Crippen LogP contribution in [0.15, 0.2) is 48.8 Å². The number of nitrogens with zero attached hydrogens (tertiary/aromatic N) is 2. The molecule has 0 N–H and O–H groups in total. The molecule has 0 spiro atoms. The van der Waals surface area contributed by atoms with Crippen LogP contribution in [0.5, 0.6) is 0 Å². The maximum Gasteiger partial charge on any atom is 2.00 e. The molecule has 5 heteroatoms. The summed E-state index contributed by atoms with van der Waals surface area (Å²) in [6, 6.07) is 12.1. The van der Waals surface area contributed by atoms with Gasteiger partial charge in [-0.05, 0) is 24.3 Å². The first-order chi connectivity index (χ1) is 6.95. The van der Waals surface area contributed by atoms with Gasteiger partial charge in [0.1, 0.15) is 0 Å². The summed E-state index contributed by atoms with van der Waals surface area (Å²) in [6.45, 7) is 0. The molecule has 0 fully saturated rings. The molecule has 17 heavy (non-hydrogen) atoms. The molecule has 3 rings (SSSR count). The van der Waals surface area contributed by atoms with Crippen LogP contribution < -0.4 is 34.0 Å². The molecule has 2 heterocycles. The van der Waals surface area contributed by atoms with Gasteiger partial charge in [-0.15, -0.1) is 0 Å². The Labute approximate surface area is 131 Å². The number of hydrogen-bond donors (Lipinski definition) is 0. The zero-order valence-corrected chi connectivity index (χ0v) is 12.7. The van der Waals surface area contributed by atoms with Gasteiger partial charge >= 0.3 is 17.1 Å². The molecule has 3 aromatic rings. The van der Waals surface area contributed by atoms with Gasteiger partial charge in [-0.25, -0.2) is 0 Å². The van der Waals surface area contributed by atoms with Crippen molar-refractivity contribution in [2.45, 2.75) is 0 Å². The molecule has 0 aliphatic carbocycles. The second kappa shape index (κ2) is 7.07. The number of rotatable bonds is 0. The Hall–Kier alpha value is -0.481. The molecule has 0 aliphatic rings. The second-order valence-corrected chi connectivity index (χ2v) is 3.21. The van der Waals surface area contributed by atoms with Crippen molar-refractivity contribution in [1.29, 1.82) is 0 Å². The first-order valence-corrected chi connectivity index (χ1v) is 4.53. The van der Waals surface area contributed by atoms with Gasteiger partial charge in [0.2, 0.25) is 0 Å². The maximum atomic E-state index is 4.37. The number of fused-ring (bicyclic) bond motifs is 3. The molecule has 2 aromatic heterocycles. The minimum absolute atomic E-state index is 0. The third-order valence-electron chi connectivity index (χ3n) is 2.35. The van der Waals surface area contributed by atoms with Crippen LogP contribution >= 0.6 is 0 Å². The van der Waals surface area contributed by atoms with Crippen LogP contribution in [0.25, 0.3) is 21.8 Å². The Kier molecular flexibility index (Phi) is 6.87. The molecule has 91 valence electrons. The number of pyridine rings is 2. The predicted octanol–water partition coefficient (Wildman–Crippen LogP) is -3.21. The SMILES string of the molecule is [Br-].[Br-].[Cu+2].c1cnc2c(c1)ccc1ncccc12. The Bertz CT molecular complexity index is 561. The Morgan fingerprint density at radius 3 is 2.29 bits per heavy atom. The standard InChI is InChI=1S/C12H8N2.2BrH.Cu/c1-3-9-5-6-11-10(4-2-7-13-11)12(9)14-8-1;;;/h1-8H;2*1H;/q;;;+2/p-2. The van der Waals surface area contributed by atoms with E-state index >= 15 is 0 Å². The zero-order valence-electron chi connectivity index (χ0n) is 8.57. The summed E-state index contributed by atoms with van der Waals surface area (Å²) in [5.74, 6) is 0. The van der Waals surface area contributed by atoms with Gasteiger partial charge < -0.3 is 34.0 Å². The van der Waals surface area contributed by atoms with Crippen molar-refractivity contribution in [1.82, 2.24) is 9.97 Å². The van der Waals surface area contributed by atoms with Crippen LogP contribution in [0.3, 0.4) is 0 Å². The van der Waals surface area contributed by atoms with E-state index < -0.39 is 0 Å². The zero-order chi connectivity index (χ0) is 9.38. The van der Waals surface area contributed by atoms with Crippen LogP contribution in [-0.2, 0) is 17.1 Å². The van der Waals surface area contributed by atoms with Crippen LogP contribution in [-0.4, -0.2) is 9.97 Å². The number of benzene rings is 1. The molecule has 0 aliphatic heterocycles. The van der Waals surface area contributed by atoms with Crippen molar-refractivity contribution >= 4 is 21.8 Å². The van der Waals surface area contributed by atoms with E-state index in [1.54, 1.807) is 6.20 Å². The Morgan fingerprint density at radius 1 is 0.765 bits per heavy atom. The van der Waals surface area contributed by atoms with Gasteiger partial charge in [0.15, 0.2) is 0 Å². The van der Waals surface area contributed by atoms with Gasteiger partial charge in [0.05, 0.1) is 11.0 Å². The van der Waals surface area contributed by atoms with E-state index in [9.17, 15) is 0 Å². The maximum absolute atomic E-state index is 4.37. The average Bonchev–Trinajstić information content (AvgIpc) is 2.29. The summed E-state index contributed by atoms with van der Waals surface area (Å²) in [4.78, 5) is 8.66. The second-order valence-electron chi connectivity index (χ2n) is 3.21. The number of halogens is 2. The first-order valence-electron chi connectivity index (χ1n) is 4.53. The summed E-state index contributed by atoms with van der Waals surface area (Å²) in [5.41, 5.74) is 2.02. The largest absolute Gasteiger partial charge is 2.00 e. The summed E-state index contributed by atoms with van der Waals surface area (Å²) in [5, 5.41) is 2.28. The summed E-state index contributed by atoms with van der Waals surface area (Å²) in [7, 11) is 0. The first kappa shape index (κ1) is 16.5. The van der Waals surface area contributed by atoms with E-state index in [4.69, 9.17) is 0 Å². The fourth-order valence-electron chi connectivity index (χ4n) is 1.70. The molecule has 0 saturated heterocycles. The van der Waals surface area contributed by atoms with Crippen molar-refractivity contribution in [2.24, 2.45) is 0 Å². The minimum Gasteiger partial charge on any atom is -1.00 e. The molecule has 1 radical (unpaired) electrons. The van der Waals surface area contributed by atoms with Crippen molar-refractivity contribution in [3.63, 3.8) is 0 Å². The molecule has 1 aromatic carbocycles. The summed E-state index contributed by atoms with van der Waals surface area (Å²) in [6.07, 6.45) is 3.62. The third kappa shape index (κ3) is 3.05. The van der Waals surface area contributed by atoms with Crippen molar-refractivity contribution < 1.29 is 51.0 Å². The van der Waals surface area contributed by atoms with Gasteiger partial charge in [0.25, 0.3) is 0 Å². The van der Waals surface area contributed by atoms with Crippen molar-refractivity contribution in [3.05, 3.63) is 48.8 Å². The third-order valence-corrected chi connectivity index (χ3v) is 2.35. The molecule has 0 saturated carbocycles. The van der Waals surface area contributed by atoms with E-state index in [0.717, 1.165) is 21.8 Å². The normalized spacial score (nSPS) is 8.94. The van der Waals surface area contributed by atoms with Gasteiger partial charge in [-0.3, -0.25) is 9.97 Å². The van der Waals surface area contributed by atoms with Crippen LogP contribution in [0.4, 0.5) is 0 Å². The monoisotopic (exact) mass is 401 g/mol. The average molecular weight is 404 g/mol. The minimum atomic E-state index is 0. The van der Waals surface area contributed by atoms with Crippen molar-refractivity contribution in [3.8, 4) is 0 Å². The molecule has 0 atom stereocenters. The van der Waals surface area contributed by atoms with Crippen LogP contribution in [0.2, 0.25) is 0 Å². The Balaban J connectivity index is 0.000000853. The van der Waals surface area contributed by atoms with E-state index in [0.29, 0.717) is 0 Å². The van der Waals surface area contributed by atoms with E-state index in [-0.39, 0.29) is 51.0 Å². The molecule has 2 nitrogen and oxygen atoms in total. The molecule has 0 unspecified atom stereocenters. The molecule has 0 bridgehead atoms. The topological polar surface area (TPSA) is 25.8 Å².